The minimum absolute atomic E-state index is 0.0281. The summed E-state index contributed by atoms with van der Waals surface area (Å²) in [6.07, 6.45) is 5.78. The van der Waals surface area contributed by atoms with Gasteiger partial charge in [-0.05, 0) is 37.5 Å². The number of aromatic amines is 1. The van der Waals surface area contributed by atoms with Crippen LogP contribution in [0.2, 0.25) is 0 Å². The van der Waals surface area contributed by atoms with E-state index in [0.717, 1.165) is 41.5 Å². The average Bonchev–Trinajstić information content (AvgIpc) is 3.04. The van der Waals surface area contributed by atoms with Crippen LogP contribution in [-0.4, -0.2) is 14.7 Å². The molecule has 0 spiro atoms. The highest BCUT2D eigenvalue weighted by molar-refractivity contribution is 5.94. The second-order valence-corrected chi connectivity index (χ2v) is 6.80. The second-order valence-electron chi connectivity index (χ2n) is 6.80. The molecule has 0 aliphatic carbocycles. The van der Waals surface area contributed by atoms with Gasteiger partial charge in [0.05, 0.1) is 5.60 Å². The van der Waals surface area contributed by atoms with Gasteiger partial charge in [0.2, 0.25) is 0 Å². The fraction of sp³-hybridized carbons (Fsp3) is 0.350. The number of nitrogens with one attached hydrogen (secondary N) is 1. The van der Waals surface area contributed by atoms with Crippen LogP contribution in [0.1, 0.15) is 39.2 Å². The van der Waals surface area contributed by atoms with Crippen molar-refractivity contribution in [1.82, 2.24) is 9.55 Å². The molecule has 2 N–H and O–H groups in total. The lowest BCUT2D eigenvalue weighted by Crippen LogP contribution is -2.20. The number of rotatable bonds is 5. The molecule has 2 heterocycles. The number of unbranched alkanes of at least 4 members (excludes halogenated alkanes) is 1. The third-order valence-electron chi connectivity index (χ3n) is 4.45. The number of fused-ring (bicyclic) bond motifs is 1. The molecule has 0 radical (unpaired) electrons. The number of aryl methyl sites for hydroxylation is 1. The first kappa shape index (κ1) is 16.5. The van der Waals surface area contributed by atoms with E-state index in [1.165, 1.54) is 0 Å². The molecule has 4 nitrogen and oxygen atoms in total. The van der Waals surface area contributed by atoms with E-state index in [-0.39, 0.29) is 5.56 Å². The van der Waals surface area contributed by atoms with E-state index in [0.29, 0.717) is 5.52 Å². The normalized spacial score (nSPS) is 12.0. The van der Waals surface area contributed by atoms with Crippen molar-refractivity contribution in [2.75, 3.05) is 0 Å². The van der Waals surface area contributed by atoms with Gasteiger partial charge in [-0.15, -0.1) is 0 Å². The molecule has 1 aromatic carbocycles. The van der Waals surface area contributed by atoms with E-state index in [1.807, 2.05) is 42.7 Å². The third kappa shape index (κ3) is 3.02. The number of H-pyrrole nitrogens is 1. The predicted octanol–water partition coefficient (Wildman–Crippen LogP) is 4.02. The van der Waals surface area contributed by atoms with Crippen molar-refractivity contribution in [3.8, 4) is 11.1 Å². The summed E-state index contributed by atoms with van der Waals surface area (Å²) in [5, 5.41) is 11.1. The molecule has 0 bridgehead atoms. The Kier molecular flexibility index (Phi) is 4.33. The number of aliphatic hydroxyl groups is 1. The van der Waals surface area contributed by atoms with Crippen LogP contribution in [0.15, 0.2) is 47.5 Å². The molecule has 0 amide bonds. The maximum Gasteiger partial charge on any atom is 0.274 e. The Bertz CT molecular complexity index is 896. The summed E-state index contributed by atoms with van der Waals surface area (Å²) in [7, 11) is 0. The molecule has 24 heavy (non-hydrogen) atoms. The quantitative estimate of drug-likeness (QED) is 0.744. The van der Waals surface area contributed by atoms with E-state index >= 15 is 0 Å². The molecule has 0 aliphatic rings. The van der Waals surface area contributed by atoms with Crippen LogP contribution in [0, 0.1) is 0 Å². The fourth-order valence-corrected chi connectivity index (χ4v) is 2.98. The Labute approximate surface area is 141 Å². The first-order chi connectivity index (χ1) is 11.4. The van der Waals surface area contributed by atoms with Crippen molar-refractivity contribution in [2.45, 2.75) is 45.8 Å². The lowest BCUT2D eigenvalue weighted by Gasteiger charge is -2.18. The topological polar surface area (TPSA) is 58.0 Å². The summed E-state index contributed by atoms with van der Waals surface area (Å²) in [5.41, 5.74) is 2.76. The monoisotopic (exact) mass is 324 g/mol. The summed E-state index contributed by atoms with van der Waals surface area (Å²) in [5.74, 6) is 0. The van der Waals surface area contributed by atoms with Crippen molar-refractivity contribution in [1.29, 1.82) is 0 Å². The summed E-state index contributed by atoms with van der Waals surface area (Å²) < 4.78 is 1.79. The van der Waals surface area contributed by atoms with E-state index in [1.54, 1.807) is 18.4 Å². The number of aromatic nitrogens is 2. The third-order valence-corrected chi connectivity index (χ3v) is 4.45. The second kappa shape index (κ2) is 6.29. The molecule has 0 unspecified atom stereocenters. The molecule has 3 rings (SSSR count). The van der Waals surface area contributed by atoms with Crippen LogP contribution >= 0.6 is 0 Å². The van der Waals surface area contributed by atoms with Crippen LogP contribution < -0.4 is 5.56 Å². The highest BCUT2D eigenvalue weighted by Gasteiger charge is 2.16. The van der Waals surface area contributed by atoms with Gasteiger partial charge in [0.1, 0.15) is 5.52 Å². The van der Waals surface area contributed by atoms with Crippen LogP contribution in [0.3, 0.4) is 0 Å². The fourth-order valence-electron chi connectivity index (χ4n) is 2.98. The summed E-state index contributed by atoms with van der Waals surface area (Å²) in [6.45, 7) is 6.39. The zero-order valence-electron chi connectivity index (χ0n) is 14.5. The van der Waals surface area contributed by atoms with Gasteiger partial charge in [-0.25, -0.2) is 0 Å². The molecule has 126 valence electrons. The summed E-state index contributed by atoms with van der Waals surface area (Å²) >= 11 is 0. The first-order valence-corrected chi connectivity index (χ1v) is 8.45. The number of hydrogen-bond acceptors (Lipinski definition) is 2. The Balaban J connectivity index is 2.13. The standard InChI is InChI=1S/C20H24N2O2/c1-4-5-12-22-13-17(16-10-11-21-18(16)19(22)23)14-6-8-15(9-7-14)20(2,3)24/h6-11,13,21,24H,4-5,12H2,1-3H3. The molecule has 0 aliphatic heterocycles. The lowest BCUT2D eigenvalue weighted by atomic mass is 9.95. The maximum absolute atomic E-state index is 12.6. The van der Waals surface area contributed by atoms with E-state index < -0.39 is 5.60 Å². The number of pyridine rings is 1. The van der Waals surface area contributed by atoms with Crippen molar-refractivity contribution >= 4 is 10.9 Å². The average molecular weight is 324 g/mol. The van der Waals surface area contributed by atoms with Crippen LogP contribution in [0.5, 0.6) is 0 Å². The number of hydrogen-bond donors (Lipinski definition) is 2. The first-order valence-electron chi connectivity index (χ1n) is 8.45. The largest absolute Gasteiger partial charge is 0.386 e. The van der Waals surface area contributed by atoms with Gasteiger partial charge in [-0.1, -0.05) is 37.6 Å². The molecule has 4 heteroatoms. The Hall–Kier alpha value is -2.33. The van der Waals surface area contributed by atoms with Crippen molar-refractivity contribution in [3.05, 3.63) is 58.6 Å². The molecule has 0 saturated heterocycles. The smallest absolute Gasteiger partial charge is 0.274 e. The summed E-state index contributed by atoms with van der Waals surface area (Å²) in [6, 6.07) is 9.83. The Morgan fingerprint density at radius 1 is 1.17 bits per heavy atom. The van der Waals surface area contributed by atoms with E-state index in [2.05, 4.69) is 11.9 Å². The maximum atomic E-state index is 12.6. The molecule has 3 aromatic rings. The van der Waals surface area contributed by atoms with E-state index in [9.17, 15) is 9.90 Å². The SMILES string of the molecule is CCCCn1cc(-c2ccc(C(C)(C)O)cc2)c2cc[nH]c2c1=O. The summed E-state index contributed by atoms with van der Waals surface area (Å²) in [4.78, 5) is 15.6. The predicted molar refractivity (Wildman–Crippen MR) is 98.1 cm³/mol. The molecule has 0 fully saturated rings. The zero-order chi connectivity index (χ0) is 17.3. The minimum Gasteiger partial charge on any atom is -0.386 e. The molecule has 0 saturated carbocycles. The minimum atomic E-state index is -0.859. The van der Waals surface area contributed by atoms with E-state index in [4.69, 9.17) is 0 Å². The van der Waals surface area contributed by atoms with Gasteiger partial charge in [0.25, 0.3) is 5.56 Å². The van der Waals surface area contributed by atoms with Crippen LogP contribution in [0.4, 0.5) is 0 Å². The van der Waals surface area contributed by atoms with Crippen molar-refractivity contribution in [2.24, 2.45) is 0 Å². The van der Waals surface area contributed by atoms with Crippen molar-refractivity contribution in [3.63, 3.8) is 0 Å². The lowest BCUT2D eigenvalue weighted by molar-refractivity contribution is 0.0786. The van der Waals surface area contributed by atoms with Crippen molar-refractivity contribution < 1.29 is 5.11 Å². The van der Waals surface area contributed by atoms with Gasteiger partial charge in [-0.3, -0.25) is 4.79 Å². The van der Waals surface area contributed by atoms with Gasteiger partial charge in [-0.2, -0.15) is 0 Å². The number of nitrogens with zero attached hydrogens (tertiary/aromatic N) is 1. The molecular weight excluding hydrogens is 300 g/mol. The van der Waals surface area contributed by atoms with Gasteiger partial charge < -0.3 is 14.7 Å². The molecule has 0 atom stereocenters. The number of benzene rings is 1. The van der Waals surface area contributed by atoms with Gasteiger partial charge in [0.15, 0.2) is 0 Å². The highest BCUT2D eigenvalue weighted by atomic mass is 16.3. The zero-order valence-corrected chi connectivity index (χ0v) is 14.5. The Morgan fingerprint density at radius 2 is 1.88 bits per heavy atom. The molecule has 2 aromatic heterocycles. The van der Waals surface area contributed by atoms with Crippen LogP contribution in [-0.2, 0) is 12.1 Å². The highest BCUT2D eigenvalue weighted by Crippen LogP contribution is 2.29. The Morgan fingerprint density at radius 3 is 2.50 bits per heavy atom. The van der Waals surface area contributed by atoms with Gasteiger partial charge >= 0.3 is 0 Å². The molecular formula is C20H24N2O2. The van der Waals surface area contributed by atoms with Crippen LogP contribution in [0.25, 0.3) is 22.0 Å². The van der Waals surface area contributed by atoms with Gasteiger partial charge in [0, 0.05) is 29.9 Å².